The summed E-state index contributed by atoms with van der Waals surface area (Å²) >= 11 is 0. The third-order valence-corrected chi connectivity index (χ3v) is 3.14. The van der Waals surface area contributed by atoms with Crippen LogP contribution in [0.1, 0.15) is 22.9 Å². The summed E-state index contributed by atoms with van der Waals surface area (Å²) < 4.78 is 5.45. The summed E-state index contributed by atoms with van der Waals surface area (Å²) in [6.07, 6.45) is 1.69. The lowest BCUT2D eigenvalue weighted by atomic mass is 10.1. The minimum absolute atomic E-state index is 0.125. The van der Waals surface area contributed by atoms with E-state index in [1.54, 1.807) is 6.26 Å². The van der Waals surface area contributed by atoms with Crippen molar-refractivity contribution >= 4 is 0 Å². The molecule has 2 aromatic rings. The Balaban J connectivity index is 2.08. The predicted molar refractivity (Wildman–Crippen MR) is 73.1 cm³/mol. The highest BCUT2D eigenvalue weighted by atomic mass is 16.3. The van der Waals surface area contributed by atoms with Gasteiger partial charge in [0, 0.05) is 13.1 Å². The van der Waals surface area contributed by atoms with E-state index >= 15 is 0 Å². The normalized spacial score (nSPS) is 12.9. The Morgan fingerprint density at radius 3 is 2.72 bits per heavy atom. The topological polar surface area (TPSA) is 42.4 Å². The van der Waals surface area contributed by atoms with Crippen LogP contribution in [0.2, 0.25) is 0 Å². The molecule has 0 saturated heterocycles. The first-order valence-corrected chi connectivity index (χ1v) is 6.20. The summed E-state index contributed by atoms with van der Waals surface area (Å²) in [7, 11) is 2.07. The lowest BCUT2D eigenvalue weighted by molar-refractivity contribution is 0.213. The van der Waals surface area contributed by atoms with E-state index < -0.39 is 0 Å². The molecule has 0 spiro atoms. The minimum Gasteiger partial charge on any atom is -0.468 e. The van der Waals surface area contributed by atoms with E-state index in [4.69, 9.17) is 10.2 Å². The van der Waals surface area contributed by atoms with Gasteiger partial charge in [0.2, 0.25) is 0 Å². The molecule has 1 aromatic carbocycles. The van der Waals surface area contributed by atoms with Crippen molar-refractivity contribution in [1.29, 1.82) is 0 Å². The van der Waals surface area contributed by atoms with Crippen LogP contribution in [-0.4, -0.2) is 18.5 Å². The summed E-state index contributed by atoms with van der Waals surface area (Å²) in [6, 6.07) is 12.5. The van der Waals surface area contributed by atoms with Crippen LogP contribution in [0, 0.1) is 6.92 Å². The van der Waals surface area contributed by atoms with Crippen LogP contribution >= 0.6 is 0 Å². The van der Waals surface area contributed by atoms with Gasteiger partial charge in [0.1, 0.15) is 5.76 Å². The maximum atomic E-state index is 5.85. The molecule has 0 saturated carbocycles. The summed E-state index contributed by atoms with van der Waals surface area (Å²) in [5.74, 6) is 0.924. The number of furan rings is 1. The van der Waals surface area contributed by atoms with E-state index in [2.05, 4.69) is 43.1 Å². The minimum atomic E-state index is 0.125. The smallest absolute Gasteiger partial charge is 0.122 e. The molecule has 0 aliphatic carbocycles. The molecule has 96 valence electrons. The average Bonchev–Trinajstić information content (AvgIpc) is 2.83. The Hall–Kier alpha value is -1.58. The summed E-state index contributed by atoms with van der Waals surface area (Å²) in [5.41, 5.74) is 8.42. The first-order valence-electron chi connectivity index (χ1n) is 6.20. The number of aryl methyl sites for hydroxylation is 1. The molecule has 1 unspecified atom stereocenters. The molecule has 2 N–H and O–H groups in total. The number of nitrogens with zero attached hydrogens (tertiary/aromatic N) is 1. The molecular weight excluding hydrogens is 224 g/mol. The standard InChI is InChI=1S/C15H20N2O/c1-12-5-3-6-13(9-12)11-17(2)14(10-16)15-7-4-8-18-15/h3-9,14H,10-11,16H2,1-2H3. The van der Waals surface area contributed by atoms with E-state index in [0.29, 0.717) is 6.54 Å². The van der Waals surface area contributed by atoms with Crippen LogP contribution in [-0.2, 0) is 6.54 Å². The lowest BCUT2D eigenvalue weighted by Gasteiger charge is -2.25. The van der Waals surface area contributed by atoms with Crippen LogP contribution in [0.3, 0.4) is 0 Å². The Labute approximate surface area is 108 Å². The number of nitrogens with two attached hydrogens (primary N) is 1. The number of benzene rings is 1. The number of hydrogen-bond donors (Lipinski definition) is 1. The van der Waals surface area contributed by atoms with Crippen molar-refractivity contribution in [3.05, 3.63) is 59.5 Å². The van der Waals surface area contributed by atoms with Crippen molar-refractivity contribution in [1.82, 2.24) is 4.90 Å². The molecule has 18 heavy (non-hydrogen) atoms. The number of likely N-dealkylation sites (N-methyl/N-ethyl adjacent to an activating group) is 1. The number of rotatable bonds is 5. The van der Waals surface area contributed by atoms with Gasteiger partial charge < -0.3 is 10.2 Å². The van der Waals surface area contributed by atoms with Gasteiger partial charge in [0.25, 0.3) is 0 Å². The second-order valence-corrected chi connectivity index (χ2v) is 4.67. The Bertz CT molecular complexity index is 479. The van der Waals surface area contributed by atoms with Crippen LogP contribution in [0.15, 0.2) is 47.1 Å². The second-order valence-electron chi connectivity index (χ2n) is 4.67. The van der Waals surface area contributed by atoms with Gasteiger partial charge in [0.05, 0.1) is 12.3 Å². The Kier molecular flexibility index (Phi) is 4.18. The predicted octanol–water partition coefficient (Wildman–Crippen LogP) is 2.72. The summed E-state index contributed by atoms with van der Waals surface area (Å²) in [5, 5.41) is 0. The quantitative estimate of drug-likeness (QED) is 0.879. The third-order valence-electron chi connectivity index (χ3n) is 3.14. The van der Waals surface area contributed by atoms with Crippen molar-refractivity contribution in [3.63, 3.8) is 0 Å². The molecule has 0 aliphatic heterocycles. The summed E-state index contributed by atoms with van der Waals surface area (Å²) in [6.45, 7) is 3.52. The van der Waals surface area contributed by atoms with Gasteiger partial charge in [-0.1, -0.05) is 29.8 Å². The van der Waals surface area contributed by atoms with Crippen molar-refractivity contribution in [3.8, 4) is 0 Å². The molecule has 0 fully saturated rings. The largest absolute Gasteiger partial charge is 0.468 e. The second kappa shape index (κ2) is 5.85. The van der Waals surface area contributed by atoms with E-state index in [-0.39, 0.29) is 6.04 Å². The van der Waals surface area contributed by atoms with E-state index in [9.17, 15) is 0 Å². The molecule has 0 amide bonds. The first-order chi connectivity index (χ1) is 8.70. The van der Waals surface area contributed by atoms with Crippen molar-refractivity contribution < 1.29 is 4.42 Å². The zero-order chi connectivity index (χ0) is 13.0. The number of hydrogen-bond acceptors (Lipinski definition) is 3. The highest BCUT2D eigenvalue weighted by Gasteiger charge is 2.17. The van der Waals surface area contributed by atoms with Gasteiger partial charge >= 0.3 is 0 Å². The fourth-order valence-corrected chi connectivity index (χ4v) is 2.20. The molecule has 3 heteroatoms. The van der Waals surface area contributed by atoms with E-state index in [0.717, 1.165) is 12.3 Å². The molecule has 1 aromatic heterocycles. The molecule has 0 radical (unpaired) electrons. The molecule has 2 rings (SSSR count). The molecule has 1 heterocycles. The van der Waals surface area contributed by atoms with E-state index in [1.807, 2.05) is 12.1 Å². The van der Waals surface area contributed by atoms with Gasteiger partial charge in [0.15, 0.2) is 0 Å². The fourth-order valence-electron chi connectivity index (χ4n) is 2.20. The third kappa shape index (κ3) is 3.00. The monoisotopic (exact) mass is 244 g/mol. The zero-order valence-electron chi connectivity index (χ0n) is 11.0. The van der Waals surface area contributed by atoms with Gasteiger partial charge in [-0.3, -0.25) is 4.90 Å². The molecular formula is C15H20N2O. The fraction of sp³-hybridized carbons (Fsp3) is 0.333. The highest BCUT2D eigenvalue weighted by molar-refractivity contribution is 5.22. The van der Waals surface area contributed by atoms with Crippen molar-refractivity contribution in [2.75, 3.05) is 13.6 Å². The van der Waals surface area contributed by atoms with Crippen LogP contribution < -0.4 is 5.73 Å². The van der Waals surface area contributed by atoms with Crippen molar-refractivity contribution in [2.45, 2.75) is 19.5 Å². The Morgan fingerprint density at radius 1 is 1.28 bits per heavy atom. The van der Waals surface area contributed by atoms with Gasteiger partial charge in [-0.05, 0) is 31.7 Å². The first kappa shape index (κ1) is 12.9. The summed E-state index contributed by atoms with van der Waals surface area (Å²) in [4.78, 5) is 2.22. The molecule has 0 bridgehead atoms. The van der Waals surface area contributed by atoms with Crippen LogP contribution in [0.4, 0.5) is 0 Å². The van der Waals surface area contributed by atoms with Gasteiger partial charge in [-0.2, -0.15) is 0 Å². The highest BCUT2D eigenvalue weighted by Crippen LogP contribution is 2.20. The Morgan fingerprint density at radius 2 is 2.11 bits per heavy atom. The molecule has 3 nitrogen and oxygen atoms in total. The SMILES string of the molecule is Cc1cccc(CN(C)C(CN)c2ccco2)c1. The maximum absolute atomic E-state index is 5.85. The van der Waals surface area contributed by atoms with Gasteiger partial charge in [-0.15, -0.1) is 0 Å². The van der Waals surface area contributed by atoms with Crippen LogP contribution in [0.25, 0.3) is 0 Å². The van der Waals surface area contributed by atoms with E-state index in [1.165, 1.54) is 11.1 Å². The lowest BCUT2D eigenvalue weighted by Crippen LogP contribution is -2.29. The molecule has 0 aliphatic rings. The van der Waals surface area contributed by atoms with Gasteiger partial charge in [-0.25, -0.2) is 0 Å². The molecule has 1 atom stereocenters. The average molecular weight is 244 g/mol. The van der Waals surface area contributed by atoms with Crippen LogP contribution in [0.5, 0.6) is 0 Å². The zero-order valence-corrected chi connectivity index (χ0v) is 11.0. The maximum Gasteiger partial charge on any atom is 0.122 e. The van der Waals surface area contributed by atoms with Crippen molar-refractivity contribution in [2.24, 2.45) is 5.73 Å².